The fourth-order valence-electron chi connectivity index (χ4n) is 2.27. The summed E-state index contributed by atoms with van der Waals surface area (Å²) in [5, 5.41) is 10.2. The molecule has 100 valence electrons. The minimum Gasteiger partial charge on any atom is -0.388 e. The van der Waals surface area contributed by atoms with Crippen LogP contribution >= 0.6 is 11.6 Å². The number of hydrogen-bond donors (Lipinski definition) is 1. The van der Waals surface area contributed by atoms with Crippen LogP contribution in [-0.4, -0.2) is 9.67 Å². The Bertz CT molecular complexity index is 592. The molecule has 0 saturated heterocycles. The first-order chi connectivity index (χ1) is 9.13. The van der Waals surface area contributed by atoms with Gasteiger partial charge in [0, 0.05) is 18.9 Å². The number of aliphatic hydroxyl groups is 1. The van der Waals surface area contributed by atoms with Gasteiger partial charge in [-0.2, -0.15) is 0 Å². The average Bonchev–Trinajstić information content (AvgIpc) is 3.14. The van der Waals surface area contributed by atoms with Gasteiger partial charge in [-0.3, -0.25) is 0 Å². The molecule has 0 bridgehead atoms. The predicted octanol–water partition coefficient (Wildman–Crippen LogP) is 3.77. The van der Waals surface area contributed by atoms with Crippen LogP contribution < -0.4 is 0 Å². The lowest BCUT2D eigenvalue weighted by molar-refractivity contribution is 0.154. The molecule has 3 rings (SSSR count). The first kappa shape index (κ1) is 12.7. The van der Waals surface area contributed by atoms with Crippen molar-refractivity contribution in [3.05, 3.63) is 58.6 Å². The molecule has 2 aromatic rings. The Morgan fingerprint density at radius 2 is 2.16 bits per heavy atom. The third-order valence-electron chi connectivity index (χ3n) is 3.53. The molecule has 1 fully saturated rings. The van der Waals surface area contributed by atoms with Gasteiger partial charge in [-0.25, -0.2) is 4.39 Å². The maximum absolute atomic E-state index is 13.3. The van der Waals surface area contributed by atoms with E-state index in [1.54, 1.807) is 6.07 Å². The van der Waals surface area contributed by atoms with Crippen LogP contribution in [0.3, 0.4) is 0 Å². The molecule has 1 saturated carbocycles. The van der Waals surface area contributed by atoms with Gasteiger partial charge in [0.05, 0.1) is 11.1 Å². The molecule has 0 spiro atoms. The van der Waals surface area contributed by atoms with Crippen LogP contribution in [0.25, 0.3) is 0 Å². The van der Waals surface area contributed by atoms with Crippen LogP contribution in [0.4, 0.5) is 4.39 Å². The van der Waals surface area contributed by atoms with Crippen LogP contribution in [0.2, 0.25) is 5.02 Å². The van der Waals surface area contributed by atoms with Crippen LogP contribution in [0.15, 0.2) is 36.7 Å². The fraction of sp³-hybridized carbons (Fsp3) is 0.333. The molecule has 0 radical (unpaired) electrons. The first-order valence-corrected chi connectivity index (χ1v) is 6.79. The summed E-state index contributed by atoms with van der Waals surface area (Å²) in [4.78, 5) is 0. The van der Waals surface area contributed by atoms with Crippen LogP contribution in [-0.2, 0) is 6.54 Å². The average molecular weight is 280 g/mol. The number of aromatic nitrogens is 1. The molecule has 1 aliphatic rings. The summed E-state index contributed by atoms with van der Waals surface area (Å²) in [6, 6.07) is 6.74. The van der Waals surface area contributed by atoms with Crippen molar-refractivity contribution in [2.75, 3.05) is 0 Å². The molecule has 1 aromatic carbocycles. The van der Waals surface area contributed by atoms with E-state index in [-0.39, 0.29) is 11.1 Å². The number of nitrogens with zero attached hydrogens (tertiary/aromatic N) is 1. The minimum absolute atomic E-state index is 0.140. The quantitative estimate of drug-likeness (QED) is 0.905. The van der Waals surface area contributed by atoms with E-state index in [0.29, 0.717) is 12.5 Å². The van der Waals surface area contributed by atoms with E-state index >= 15 is 0 Å². The Labute approximate surface area is 116 Å². The summed E-state index contributed by atoms with van der Waals surface area (Å²) in [5.74, 6) is 0.0217. The van der Waals surface area contributed by atoms with E-state index in [4.69, 9.17) is 11.6 Å². The number of benzene rings is 1. The Balaban J connectivity index is 1.74. The van der Waals surface area contributed by atoms with E-state index in [9.17, 15) is 9.50 Å². The zero-order valence-electron chi connectivity index (χ0n) is 10.4. The van der Waals surface area contributed by atoms with Crippen molar-refractivity contribution >= 4 is 11.6 Å². The van der Waals surface area contributed by atoms with Gasteiger partial charge >= 0.3 is 0 Å². The maximum Gasteiger partial charge on any atom is 0.142 e. The van der Waals surface area contributed by atoms with Crippen molar-refractivity contribution < 1.29 is 9.50 Å². The summed E-state index contributed by atoms with van der Waals surface area (Å²) in [7, 11) is 0. The monoisotopic (exact) mass is 279 g/mol. The van der Waals surface area contributed by atoms with Gasteiger partial charge < -0.3 is 9.67 Å². The number of halogens is 2. The van der Waals surface area contributed by atoms with Gasteiger partial charge in [-0.1, -0.05) is 17.7 Å². The second-order valence-corrected chi connectivity index (χ2v) is 5.56. The topological polar surface area (TPSA) is 25.2 Å². The van der Waals surface area contributed by atoms with Crippen LogP contribution in [0.5, 0.6) is 0 Å². The van der Waals surface area contributed by atoms with Gasteiger partial charge in [-0.05, 0) is 48.1 Å². The molecule has 1 heterocycles. The second-order valence-electron chi connectivity index (χ2n) is 5.15. The van der Waals surface area contributed by atoms with Gasteiger partial charge in [0.1, 0.15) is 5.82 Å². The van der Waals surface area contributed by atoms with Crippen molar-refractivity contribution in [1.82, 2.24) is 4.57 Å². The lowest BCUT2D eigenvalue weighted by atomic mass is 10.1. The predicted molar refractivity (Wildman–Crippen MR) is 72.6 cm³/mol. The lowest BCUT2D eigenvalue weighted by Crippen LogP contribution is -2.00. The SMILES string of the molecule is OC(c1ccn(Cc2ccc(Cl)c(F)c2)c1)C1CC1. The van der Waals surface area contributed by atoms with Crippen molar-refractivity contribution in [2.45, 2.75) is 25.5 Å². The Morgan fingerprint density at radius 1 is 1.37 bits per heavy atom. The third kappa shape index (κ3) is 2.82. The van der Waals surface area contributed by atoms with E-state index in [1.807, 2.05) is 29.1 Å². The highest BCUT2D eigenvalue weighted by atomic mass is 35.5. The summed E-state index contributed by atoms with van der Waals surface area (Å²) in [5.41, 5.74) is 1.79. The molecular formula is C15H15ClFNO. The summed E-state index contributed by atoms with van der Waals surface area (Å²) in [6.07, 6.45) is 5.69. The van der Waals surface area contributed by atoms with Crippen molar-refractivity contribution in [2.24, 2.45) is 5.92 Å². The van der Waals surface area contributed by atoms with E-state index in [2.05, 4.69) is 0 Å². The standard InChI is InChI=1S/C15H15ClFNO/c16-13-4-1-10(7-14(13)17)8-18-6-5-12(9-18)15(19)11-2-3-11/h1,4-7,9,11,15,19H,2-3,8H2. The smallest absolute Gasteiger partial charge is 0.142 e. The zero-order valence-corrected chi connectivity index (χ0v) is 11.1. The van der Waals surface area contributed by atoms with Gasteiger partial charge in [0.15, 0.2) is 0 Å². The molecule has 1 aromatic heterocycles. The molecular weight excluding hydrogens is 265 g/mol. The largest absolute Gasteiger partial charge is 0.388 e. The van der Waals surface area contributed by atoms with Crippen molar-refractivity contribution in [1.29, 1.82) is 0 Å². The minimum atomic E-state index is -0.399. The van der Waals surface area contributed by atoms with Gasteiger partial charge in [-0.15, -0.1) is 0 Å². The zero-order chi connectivity index (χ0) is 13.4. The first-order valence-electron chi connectivity index (χ1n) is 6.41. The Kier molecular flexibility index (Phi) is 3.33. The highest BCUT2D eigenvalue weighted by molar-refractivity contribution is 6.30. The summed E-state index contributed by atoms with van der Waals surface area (Å²) in [6.45, 7) is 0.575. The lowest BCUT2D eigenvalue weighted by Gasteiger charge is -2.07. The molecule has 1 aliphatic carbocycles. The second kappa shape index (κ2) is 4.99. The highest BCUT2D eigenvalue weighted by Crippen LogP contribution is 2.40. The van der Waals surface area contributed by atoms with Crippen molar-refractivity contribution in [3.8, 4) is 0 Å². The molecule has 1 atom stereocenters. The fourth-order valence-corrected chi connectivity index (χ4v) is 2.38. The highest BCUT2D eigenvalue weighted by Gasteiger charge is 2.31. The van der Waals surface area contributed by atoms with E-state index < -0.39 is 5.82 Å². The van der Waals surface area contributed by atoms with E-state index in [1.165, 1.54) is 6.07 Å². The molecule has 0 amide bonds. The maximum atomic E-state index is 13.3. The molecule has 0 aliphatic heterocycles. The summed E-state index contributed by atoms with van der Waals surface area (Å²) < 4.78 is 15.3. The number of hydrogen-bond acceptors (Lipinski definition) is 1. The molecule has 2 nitrogen and oxygen atoms in total. The van der Waals surface area contributed by atoms with E-state index in [0.717, 1.165) is 24.0 Å². The Hall–Kier alpha value is -1.32. The van der Waals surface area contributed by atoms with Crippen LogP contribution in [0, 0.1) is 11.7 Å². The van der Waals surface area contributed by atoms with Gasteiger partial charge in [0.25, 0.3) is 0 Å². The Morgan fingerprint density at radius 3 is 2.84 bits per heavy atom. The van der Waals surface area contributed by atoms with Crippen LogP contribution in [0.1, 0.15) is 30.1 Å². The van der Waals surface area contributed by atoms with Crippen molar-refractivity contribution in [3.63, 3.8) is 0 Å². The normalized spacial score (nSPS) is 16.6. The number of aliphatic hydroxyl groups excluding tert-OH is 1. The summed E-state index contributed by atoms with van der Waals surface area (Å²) >= 11 is 5.66. The molecule has 19 heavy (non-hydrogen) atoms. The number of rotatable bonds is 4. The van der Waals surface area contributed by atoms with Gasteiger partial charge in [0.2, 0.25) is 0 Å². The molecule has 4 heteroatoms. The third-order valence-corrected chi connectivity index (χ3v) is 3.84. The molecule has 1 unspecified atom stereocenters. The molecule has 1 N–H and O–H groups in total.